The van der Waals surface area contributed by atoms with E-state index in [9.17, 15) is 9.59 Å². The van der Waals surface area contributed by atoms with E-state index < -0.39 is 0 Å². The van der Waals surface area contributed by atoms with Gasteiger partial charge >= 0.3 is 0 Å². The number of likely N-dealkylation sites (tertiary alicyclic amines) is 1. The molecule has 2 amide bonds. The SMILES string of the molecule is CCNC1CCCN(C(C)C(=O)N(CC)CC)C1=O. The van der Waals surface area contributed by atoms with Crippen LogP contribution in [0.3, 0.4) is 0 Å². The molecule has 2 unspecified atom stereocenters. The van der Waals surface area contributed by atoms with Gasteiger partial charge in [-0.15, -0.1) is 0 Å². The van der Waals surface area contributed by atoms with Crippen molar-refractivity contribution in [3.05, 3.63) is 0 Å². The van der Waals surface area contributed by atoms with Crippen LogP contribution in [0.25, 0.3) is 0 Å². The predicted octanol–water partition coefficient (Wildman–Crippen LogP) is 0.844. The molecular formula is C14H27N3O2. The van der Waals surface area contributed by atoms with Crippen LogP contribution in [0.1, 0.15) is 40.5 Å². The second-order valence-electron chi connectivity index (χ2n) is 4.97. The molecule has 1 N–H and O–H groups in total. The van der Waals surface area contributed by atoms with E-state index in [-0.39, 0.29) is 23.9 Å². The first kappa shape index (κ1) is 16.0. The summed E-state index contributed by atoms with van der Waals surface area (Å²) in [6.07, 6.45) is 1.83. The zero-order valence-corrected chi connectivity index (χ0v) is 12.6. The second-order valence-corrected chi connectivity index (χ2v) is 4.97. The molecule has 1 saturated heterocycles. The van der Waals surface area contributed by atoms with E-state index >= 15 is 0 Å². The molecule has 0 saturated carbocycles. The maximum absolute atomic E-state index is 12.4. The van der Waals surface area contributed by atoms with Crippen LogP contribution in [0, 0.1) is 0 Å². The summed E-state index contributed by atoms with van der Waals surface area (Å²) in [4.78, 5) is 28.2. The summed E-state index contributed by atoms with van der Waals surface area (Å²) < 4.78 is 0. The number of hydrogen-bond donors (Lipinski definition) is 1. The van der Waals surface area contributed by atoms with Crippen molar-refractivity contribution in [2.45, 2.75) is 52.6 Å². The summed E-state index contributed by atoms with van der Waals surface area (Å²) in [6.45, 7) is 10.6. The van der Waals surface area contributed by atoms with E-state index in [1.165, 1.54) is 0 Å². The molecule has 1 heterocycles. The van der Waals surface area contributed by atoms with E-state index in [2.05, 4.69) is 5.32 Å². The smallest absolute Gasteiger partial charge is 0.245 e. The van der Waals surface area contributed by atoms with Crippen molar-refractivity contribution in [1.82, 2.24) is 15.1 Å². The van der Waals surface area contributed by atoms with Gasteiger partial charge < -0.3 is 15.1 Å². The lowest BCUT2D eigenvalue weighted by atomic mass is 10.0. The second kappa shape index (κ2) is 7.48. The molecule has 1 aliphatic heterocycles. The lowest BCUT2D eigenvalue weighted by Gasteiger charge is -2.37. The molecule has 5 heteroatoms. The van der Waals surface area contributed by atoms with Crippen LogP contribution in [-0.4, -0.2) is 59.9 Å². The molecule has 0 aromatic carbocycles. The van der Waals surface area contributed by atoms with Crippen LogP contribution >= 0.6 is 0 Å². The minimum absolute atomic E-state index is 0.0514. The number of likely N-dealkylation sites (N-methyl/N-ethyl adjacent to an activating group) is 2. The number of piperidine rings is 1. The summed E-state index contributed by atoms with van der Waals surface area (Å²) in [5.74, 6) is 0.122. The fourth-order valence-corrected chi connectivity index (χ4v) is 2.65. The molecule has 0 spiro atoms. The summed E-state index contributed by atoms with van der Waals surface area (Å²) in [6, 6.07) is -0.473. The highest BCUT2D eigenvalue weighted by molar-refractivity contribution is 5.90. The average molecular weight is 269 g/mol. The first-order valence-corrected chi connectivity index (χ1v) is 7.39. The molecule has 2 atom stereocenters. The minimum atomic E-state index is -0.353. The van der Waals surface area contributed by atoms with Gasteiger partial charge in [-0.1, -0.05) is 6.92 Å². The number of rotatable bonds is 6. The Bertz CT molecular complexity index is 314. The number of amides is 2. The van der Waals surface area contributed by atoms with Gasteiger partial charge in [0.05, 0.1) is 6.04 Å². The minimum Gasteiger partial charge on any atom is -0.341 e. The topological polar surface area (TPSA) is 52.7 Å². The fraction of sp³-hybridized carbons (Fsp3) is 0.857. The van der Waals surface area contributed by atoms with Crippen LogP contribution < -0.4 is 5.32 Å². The third kappa shape index (κ3) is 3.69. The van der Waals surface area contributed by atoms with E-state index in [0.29, 0.717) is 19.6 Å². The first-order chi connectivity index (χ1) is 9.06. The molecule has 0 aromatic rings. The highest BCUT2D eigenvalue weighted by Gasteiger charge is 2.34. The molecule has 5 nitrogen and oxygen atoms in total. The van der Waals surface area contributed by atoms with Crippen molar-refractivity contribution in [3.8, 4) is 0 Å². The highest BCUT2D eigenvalue weighted by atomic mass is 16.2. The van der Waals surface area contributed by atoms with Crippen LogP contribution in [0.2, 0.25) is 0 Å². The Morgan fingerprint density at radius 3 is 2.58 bits per heavy atom. The molecule has 110 valence electrons. The standard InChI is InChI=1S/C14H27N3O2/c1-5-15-12-9-8-10-17(14(12)19)11(4)13(18)16(6-2)7-3/h11-12,15H,5-10H2,1-4H3. The van der Waals surface area contributed by atoms with Gasteiger partial charge in [-0.25, -0.2) is 0 Å². The lowest BCUT2D eigenvalue weighted by molar-refractivity contribution is -0.148. The van der Waals surface area contributed by atoms with Gasteiger partial charge in [0.25, 0.3) is 0 Å². The maximum Gasteiger partial charge on any atom is 0.245 e. The van der Waals surface area contributed by atoms with Crippen molar-refractivity contribution in [1.29, 1.82) is 0 Å². The van der Waals surface area contributed by atoms with Crippen molar-refractivity contribution in [3.63, 3.8) is 0 Å². The molecule has 0 bridgehead atoms. The molecule has 0 aliphatic carbocycles. The molecule has 1 rings (SSSR count). The predicted molar refractivity (Wildman–Crippen MR) is 75.8 cm³/mol. The quantitative estimate of drug-likeness (QED) is 0.777. The molecule has 19 heavy (non-hydrogen) atoms. The van der Waals surface area contributed by atoms with E-state index in [1.807, 2.05) is 27.7 Å². The van der Waals surface area contributed by atoms with Crippen molar-refractivity contribution in [2.24, 2.45) is 0 Å². The van der Waals surface area contributed by atoms with Crippen LogP contribution in [0.15, 0.2) is 0 Å². The fourth-order valence-electron chi connectivity index (χ4n) is 2.65. The molecule has 0 aromatic heterocycles. The summed E-state index contributed by atoms with van der Waals surface area (Å²) >= 11 is 0. The van der Waals surface area contributed by atoms with E-state index in [4.69, 9.17) is 0 Å². The van der Waals surface area contributed by atoms with Gasteiger partial charge in [0.15, 0.2) is 0 Å². The third-order valence-electron chi connectivity index (χ3n) is 3.82. The number of hydrogen-bond acceptors (Lipinski definition) is 3. The molecule has 1 aliphatic rings. The molecule has 1 fully saturated rings. The summed E-state index contributed by atoms with van der Waals surface area (Å²) in [5.41, 5.74) is 0. The van der Waals surface area contributed by atoms with Gasteiger partial charge in [0, 0.05) is 19.6 Å². The Morgan fingerprint density at radius 2 is 2.05 bits per heavy atom. The summed E-state index contributed by atoms with van der Waals surface area (Å²) in [5, 5.41) is 3.20. The zero-order valence-electron chi connectivity index (χ0n) is 12.6. The maximum atomic E-state index is 12.4. The van der Waals surface area contributed by atoms with Crippen molar-refractivity contribution in [2.75, 3.05) is 26.2 Å². The Balaban J connectivity index is 2.72. The van der Waals surface area contributed by atoms with Crippen molar-refractivity contribution >= 4 is 11.8 Å². The Hall–Kier alpha value is -1.10. The van der Waals surface area contributed by atoms with Gasteiger partial charge in [-0.3, -0.25) is 9.59 Å². The number of nitrogens with one attached hydrogen (secondary N) is 1. The molecular weight excluding hydrogens is 242 g/mol. The van der Waals surface area contributed by atoms with Gasteiger partial charge in [-0.2, -0.15) is 0 Å². The zero-order chi connectivity index (χ0) is 14.4. The number of carbonyl (C=O) groups is 2. The number of nitrogens with zero attached hydrogens (tertiary/aromatic N) is 2. The van der Waals surface area contributed by atoms with Crippen LogP contribution in [0.4, 0.5) is 0 Å². The van der Waals surface area contributed by atoms with Crippen molar-refractivity contribution < 1.29 is 9.59 Å². The number of carbonyl (C=O) groups excluding carboxylic acids is 2. The largest absolute Gasteiger partial charge is 0.341 e. The Kier molecular flexibility index (Phi) is 6.28. The van der Waals surface area contributed by atoms with Gasteiger partial charge in [0.1, 0.15) is 6.04 Å². The first-order valence-electron chi connectivity index (χ1n) is 7.39. The molecule has 0 radical (unpaired) electrons. The lowest BCUT2D eigenvalue weighted by Crippen LogP contribution is -2.57. The average Bonchev–Trinajstić information content (AvgIpc) is 2.42. The van der Waals surface area contributed by atoms with E-state index in [0.717, 1.165) is 19.4 Å². The Morgan fingerprint density at radius 1 is 1.42 bits per heavy atom. The highest BCUT2D eigenvalue weighted by Crippen LogP contribution is 2.16. The monoisotopic (exact) mass is 269 g/mol. The van der Waals surface area contributed by atoms with Gasteiger partial charge in [-0.05, 0) is 40.2 Å². The van der Waals surface area contributed by atoms with E-state index in [1.54, 1.807) is 9.80 Å². The van der Waals surface area contributed by atoms with Crippen LogP contribution in [0.5, 0.6) is 0 Å². The third-order valence-corrected chi connectivity index (χ3v) is 3.82. The van der Waals surface area contributed by atoms with Gasteiger partial charge in [0.2, 0.25) is 11.8 Å². The summed E-state index contributed by atoms with van der Waals surface area (Å²) in [7, 11) is 0. The Labute approximate surface area is 116 Å². The normalized spacial score (nSPS) is 21.4. The van der Waals surface area contributed by atoms with Crippen LogP contribution in [-0.2, 0) is 9.59 Å².